The summed E-state index contributed by atoms with van der Waals surface area (Å²) in [6, 6.07) is 25.7. The molecule has 1 aliphatic carbocycles. The molecule has 152 valence electrons. The van der Waals surface area contributed by atoms with Gasteiger partial charge >= 0.3 is 5.97 Å². The van der Waals surface area contributed by atoms with Crippen molar-refractivity contribution in [3.05, 3.63) is 95.1 Å². The maximum absolute atomic E-state index is 11.9. The standard InChI is InChI=1S/C28H28O2/c1-2-30-28(29)20-26-10-6-9-25-19-22(15-18-27(25)26)12-11-21-13-16-24(17-14-21)23-7-4-3-5-8-23/h3-5,7-8,11-19,26H,2,6,9-10,20H2,1H3. The van der Waals surface area contributed by atoms with Crippen LogP contribution in [0, 0.1) is 0 Å². The van der Waals surface area contributed by atoms with E-state index in [1.165, 1.54) is 33.4 Å². The first kappa shape index (κ1) is 20.2. The molecule has 0 aromatic heterocycles. The zero-order chi connectivity index (χ0) is 20.8. The van der Waals surface area contributed by atoms with E-state index in [2.05, 4.69) is 78.9 Å². The van der Waals surface area contributed by atoms with Crippen molar-refractivity contribution >= 4 is 18.1 Å². The monoisotopic (exact) mass is 396 g/mol. The molecule has 0 bridgehead atoms. The number of aryl methyl sites for hydroxylation is 1. The molecule has 0 saturated heterocycles. The summed E-state index contributed by atoms with van der Waals surface area (Å²) in [6.07, 6.45) is 8.11. The lowest BCUT2D eigenvalue weighted by Crippen LogP contribution is -2.15. The first-order valence-corrected chi connectivity index (χ1v) is 10.8. The molecule has 3 aromatic carbocycles. The van der Waals surface area contributed by atoms with E-state index < -0.39 is 0 Å². The molecule has 4 rings (SSSR count). The normalized spacial score (nSPS) is 15.7. The van der Waals surface area contributed by atoms with Crippen LogP contribution in [0.3, 0.4) is 0 Å². The summed E-state index contributed by atoms with van der Waals surface area (Å²) in [7, 11) is 0. The van der Waals surface area contributed by atoms with Crippen molar-refractivity contribution in [3.8, 4) is 11.1 Å². The number of carbonyl (C=O) groups excluding carboxylic acids is 1. The number of carbonyl (C=O) groups is 1. The van der Waals surface area contributed by atoms with Crippen molar-refractivity contribution in [3.63, 3.8) is 0 Å². The van der Waals surface area contributed by atoms with Gasteiger partial charge in [-0.1, -0.05) is 84.9 Å². The van der Waals surface area contributed by atoms with Gasteiger partial charge in [0, 0.05) is 0 Å². The van der Waals surface area contributed by atoms with Crippen LogP contribution in [0.2, 0.25) is 0 Å². The Morgan fingerprint density at radius 1 is 0.933 bits per heavy atom. The number of esters is 1. The molecule has 0 fully saturated rings. The summed E-state index contributed by atoms with van der Waals surface area (Å²) < 4.78 is 5.16. The molecular weight excluding hydrogens is 368 g/mol. The average Bonchev–Trinajstić information content (AvgIpc) is 2.79. The van der Waals surface area contributed by atoms with E-state index >= 15 is 0 Å². The van der Waals surface area contributed by atoms with E-state index in [9.17, 15) is 4.79 Å². The number of fused-ring (bicyclic) bond motifs is 1. The van der Waals surface area contributed by atoms with Crippen molar-refractivity contribution in [1.82, 2.24) is 0 Å². The highest BCUT2D eigenvalue weighted by atomic mass is 16.5. The Morgan fingerprint density at radius 3 is 2.40 bits per heavy atom. The summed E-state index contributed by atoms with van der Waals surface area (Å²) in [5.74, 6) is 0.203. The van der Waals surface area contributed by atoms with Crippen molar-refractivity contribution in [2.75, 3.05) is 6.61 Å². The molecule has 3 aromatic rings. The Balaban J connectivity index is 1.46. The molecule has 1 aliphatic rings. The van der Waals surface area contributed by atoms with Gasteiger partial charge in [0.25, 0.3) is 0 Å². The summed E-state index contributed by atoms with van der Waals surface area (Å²) in [5, 5.41) is 0. The molecule has 0 heterocycles. The minimum absolute atomic E-state index is 0.0849. The Bertz CT molecular complexity index is 1020. The van der Waals surface area contributed by atoms with Crippen molar-refractivity contribution in [2.24, 2.45) is 0 Å². The lowest BCUT2D eigenvalue weighted by Gasteiger charge is -2.25. The Kier molecular flexibility index (Phi) is 6.44. The number of rotatable bonds is 6. The quantitative estimate of drug-likeness (QED) is 0.335. The van der Waals surface area contributed by atoms with Crippen LogP contribution in [0.4, 0.5) is 0 Å². The largest absolute Gasteiger partial charge is 0.466 e. The minimum Gasteiger partial charge on any atom is -0.466 e. The van der Waals surface area contributed by atoms with E-state index in [0.29, 0.717) is 13.0 Å². The van der Waals surface area contributed by atoms with Gasteiger partial charge in [-0.2, -0.15) is 0 Å². The topological polar surface area (TPSA) is 26.3 Å². The van der Waals surface area contributed by atoms with Gasteiger partial charge in [-0.15, -0.1) is 0 Å². The number of hydrogen-bond acceptors (Lipinski definition) is 2. The van der Waals surface area contributed by atoms with Crippen LogP contribution >= 0.6 is 0 Å². The van der Waals surface area contributed by atoms with E-state index in [1.807, 2.05) is 13.0 Å². The first-order chi connectivity index (χ1) is 14.7. The van der Waals surface area contributed by atoms with Crippen LogP contribution in [-0.4, -0.2) is 12.6 Å². The van der Waals surface area contributed by atoms with E-state index in [4.69, 9.17) is 4.74 Å². The van der Waals surface area contributed by atoms with Gasteiger partial charge in [0.1, 0.15) is 0 Å². The molecule has 0 spiro atoms. The highest BCUT2D eigenvalue weighted by Gasteiger charge is 2.23. The lowest BCUT2D eigenvalue weighted by molar-refractivity contribution is -0.143. The first-order valence-electron chi connectivity index (χ1n) is 10.8. The second kappa shape index (κ2) is 9.58. The van der Waals surface area contributed by atoms with Gasteiger partial charge in [-0.05, 0) is 65.5 Å². The van der Waals surface area contributed by atoms with Crippen LogP contribution in [0.25, 0.3) is 23.3 Å². The molecule has 1 unspecified atom stereocenters. The summed E-state index contributed by atoms with van der Waals surface area (Å²) in [6.45, 7) is 2.31. The smallest absolute Gasteiger partial charge is 0.306 e. The predicted octanol–water partition coefficient (Wildman–Crippen LogP) is 6.90. The van der Waals surface area contributed by atoms with Crippen molar-refractivity contribution < 1.29 is 9.53 Å². The fraction of sp³-hybridized carbons (Fsp3) is 0.250. The molecule has 0 N–H and O–H groups in total. The Labute approximate surface area is 179 Å². The van der Waals surface area contributed by atoms with Crippen LogP contribution in [-0.2, 0) is 16.0 Å². The van der Waals surface area contributed by atoms with Gasteiger partial charge in [-0.3, -0.25) is 4.79 Å². The van der Waals surface area contributed by atoms with E-state index in [1.54, 1.807) is 0 Å². The molecule has 0 radical (unpaired) electrons. The van der Waals surface area contributed by atoms with Gasteiger partial charge in [0.15, 0.2) is 0 Å². The molecule has 0 amide bonds. The molecule has 0 aliphatic heterocycles. The fourth-order valence-corrected chi connectivity index (χ4v) is 4.28. The second-order valence-corrected chi connectivity index (χ2v) is 7.88. The van der Waals surface area contributed by atoms with Gasteiger partial charge in [0.05, 0.1) is 13.0 Å². The molecule has 2 nitrogen and oxygen atoms in total. The molecule has 1 atom stereocenters. The number of benzene rings is 3. The summed E-state index contributed by atoms with van der Waals surface area (Å²) >= 11 is 0. The van der Waals surface area contributed by atoms with Crippen molar-refractivity contribution in [2.45, 2.75) is 38.5 Å². The van der Waals surface area contributed by atoms with Gasteiger partial charge in [-0.25, -0.2) is 0 Å². The van der Waals surface area contributed by atoms with E-state index in [0.717, 1.165) is 19.3 Å². The van der Waals surface area contributed by atoms with Crippen LogP contribution in [0.15, 0.2) is 72.8 Å². The van der Waals surface area contributed by atoms with Crippen LogP contribution in [0.1, 0.15) is 54.4 Å². The molecular formula is C28H28O2. The van der Waals surface area contributed by atoms with Gasteiger partial charge in [0.2, 0.25) is 0 Å². The Morgan fingerprint density at radius 2 is 1.63 bits per heavy atom. The highest BCUT2D eigenvalue weighted by Crippen LogP contribution is 2.35. The number of ether oxygens (including phenoxy) is 1. The highest BCUT2D eigenvalue weighted by molar-refractivity contribution is 5.73. The van der Waals surface area contributed by atoms with Crippen LogP contribution < -0.4 is 0 Å². The molecule has 2 heteroatoms. The maximum atomic E-state index is 11.9. The third-order valence-corrected chi connectivity index (χ3v) is 5.81. The summed E-state index contributed by atoms with van der Waals surface area (Å²) in [5.41, 5.74) is 7.55. The zero-order valence-corrected chi connectivity index (χ0v) is 17.5. The SMILES string of the molecule is CCOC(=O)CC1CCCc2cc(C=Cc3ccc(-c4ccccc4)cc3)ccc21. The molecule has 30 heavy (non-hydrogen) atoms. The maximum Gasteiger partial charge on any atom is 0.306 e. The third kappa shape index (κ3) is 4.88. The summed E-state index contributed by atoms with van der Waals surface area (Å²) in [4.78, 5) is 11.9. The van der Waals surface area contributed by atoms with E-state index in [-0.39, 0.29) is 11.9 Å². The third-order valence-electron chi connectivity index (χ3n) is 5.81. The number of hydrogen-bond donors (Lipinski definition) is 0. The average molecular weight is 397 g/mol. The second-order valence-electron chi connectivity index (χ2n) is 7.88. The zero-order valence-electron chi connectivity index (χ0n) is 17.5. The lowest BCUT2D eigenvalue weighted by atomic mass is 9.80. The molecule has 0 saturated carbocycles. The van der Waals surface area contributed by atoms with Crippen LogP contribution in [0.5, 0.6) is 0 Å². The predicted molar refractivity (Wildman–Crippen MR) is 124 cm³/mol. The minimum atomic E-state index is -0.0849. The van der Waals surface area contributed by atoms with Crippen molar-refractivity contribution in [1.29, 1.82) is 0 Å². The van der Waals surface area contributed by atoms with Gasteiger partial charge < -0.3 is 4.74 Å². The fourth-order valence-electron chi connectivity index (χ4n) is 4.28. The Hall–Kier alpha value is -3.13.